The molecule has 1 aliphatic carbocycles. The average Bonchev–Trinajstić information content (AvgIpc) is 2.74. The summed E-state index contributed by atoms with van der Waals surface area (Å²) in [7, 11) is 0. The number of carboxylic acids is 1. The van der Waals surface area contributed by atoms with Gasteiger partial charge in [0.05, 0.1) is 0 Å². The first-order chi connectivity index (χ1) is 6.53. The Labute approximate surface area is 81.7 Å². The highest BCUT2D eigenvalue weighted by Gasteiger charge is 2.59. The summed E-state index contributed by atoms with van der Waals surface area (Å²) in [4.78, 5) is 21.9. The van der Waals surface area contributed by atoms with Crippen LogP contribution in [-0.4, -0.2) is 29.3 Å². The molecule has 2 atom stereocenters. The highest BCUT2D eigenvalue weighted by atomic mass is 16.5. The van der Waals surface area contributed by atoms with Crippen LogP contribution in [0.5, 0.6) is 0 Å². The van der Waals surface area contributed by atoms with E-state index in [-0.39, 0.29) is 12.5 Å². The fourth-order valence-electron chi connectivity index (χ4n) is 1.30. The largest absolute Gasteiger partial charge is 0.479 e. The van der Waals surface area contributed by atoms with Gasteiger partial charge >= 0.3 is 12.1 Å². The summed E-state index contributed by atoms with van der Waals surface area (Å²) in [6.07, 6.45) is 1.16. The Morgan fingerprint density at radius 1 is 1.79 bits per heavy atom. The van der Waals surface area contributed by atoms with Crippen molar-refractivity contribution in [3.05, 3.63) is 12.7 Å². The number of rotatable bonds is 4. The lowest BCUT2D eigenvalue weighted by Gasteiger charge is -2.12. The second-order valence-electron chi connectivity index (χ2n) is 3.39. The van der Waals surface area contributed by atoms with Crippen LogP contribution in [0, 0.1) is 5.92 Å². The molecular weight excluding hydrogens is 186 g/mol. The van der Waals surface area contributed by atoms with Crippen LogP contribution in [0.3, 0.4) is 0 Å². The first-order valence-electron chi connectivity index (χ1n) is 4.32. The molecule has 2 N–H and O–H groups in total. The smallest absolute Gasteiger partial charge is 0.408 e. The van der Waals surface area contributed by atoms with E-state index in [1.54, 1.807) is 6.92 Å². The molecule has 0 radical (unpaired) electrons. The second-order valence-corrected chi connectivity index (χ2v) is 3.39. The lowest BCUT2D eigenvalue weighted by atomic mass is 10.2. The molecule has 14 heavy (non-hydrogen) atoms. The first kappa shape index (κ1) is 10.6. The average molecular weight is 199 g/mol. The van der Waals surface area contributed by atoms with E-state index in [2.05, 4.69) is 16.6 Å². The van der Waals surface area contributed by atoms with E-state index in [0.29, 0.717) is 6.42 Å². The summed E-state index contributed by atoms with van der Waals surface area (Å²) in [5.74, 6) is -1.06. The number of alkyl carbamates (subject to hydrolysis) is 1. The zero-order chi connectivity index (χ0) is 10.8. The van der Waals surface area contributed by atoms with E-state index in [4.69, 9.17) is 5.11 Å². The summed E-state index contributed by atoms with van der Waals surface area (Å²) in [5.41, 5.74) is -1.11. The van der Waals surface area contributed by atoms with Crippen molar-refractivity contribution in [3.63, 3.8) is 0 Å². The summed E-state index contributed by atoms with van der Waals surface area (Å²) in [6, 6.07) is 0. The van der Waals surface area contributed by atoms with Crippen molar-refractivity contribution in [2.24, 2.45) is 5.92 Å². The summed E-state index contributed by atoms with van der Waals surface area (Å²) in [5, 5.41) is 11.2. The van der Waals surface area contributed by atoms with Crippen molar-refractivity contribution >= 4 is 12.1 Å². The maximum Gasteiger partial charge on any atom is 0.408 e. The van der Waals surface area contributed by atoms with Crippen LogP contribution in [-0.2, 0) is 9.53 Å². The van der Waals surface area contributed by atoms with Crippen molar-refractivity contribution in [2.75, 3.05) is 6.61 Å². The predicted octanol–water partition coefficient (Wildman–Crippen LogP) is 0.762. The van der Waals surface area contributed by atoms with E-state index >= 15 is 0 Å². The van der Waals surface area contributed by atoms with Gasteiger partial charge in [0.2, 0.25) is 0 Å². The topological polar surface area (TPSA) is 75.6 Å². The van der Waals surface area contributed by atoms with Gasteiger partial charge in [-0.05, 0) is 12.3 Å². The van der Waals surface area contributed by atoms with Crippen molar-refractivity contribution in [1.29, 1.82) is 0 Å². The third-order valence-electron chi connectivity index (χ3n) is 2.35. The molecule has 1 saturated carbocycles. The molecule has 0 saturated heterocycles. The third kappa shape index (κ3) is 1.86. The number of carboxylic acid groups (broad SMARTS) is 1. The van der Waals surface area contributed by atoms with Crippen LogP contribution < -0.4 is 5.32 Å². The quantitative estimate of drug-likeness (QED) is 0.655. The minimum Gasteiger partial charge on any atom is -0.479 e. The van der Waals surface area contributed by atoms with Crippen LogP contribution >= 0.6 is 0 Å². The molecule has 0 bridgehead atoms. The molecule has 0 spiro atoms. The molecule has 5 nitrogen and oxygen atoms in total. The first-order valence-corrected chi connectivity index (χ1v) is 4.32. The molecule has 5 heteroatoms. The standard InChI is InChI=1S/C9H13NO4/c1-3-4-14-8(13)10-9(7(11)12)5-6(9)2/h3,6H,1,4-5H2,2H3,(H,10,13)(H,11,12)/t6-,9-/m1/s1. The molecule has 78 valence electrons. The van der Waals surface area contributed by atoms with Gasteiger partial charge in [0, 0.05) is 0 Å². The van der Waals surface area contributed by atoms with Gasteiger partial charge in [0.1, 0.15) is 12.1 Å². The second kappa shape index (κ2) is 3.69. The zero-order valence-corrected chi connectivity index (χ0v) is 7.95. The number of hydrogen-bond acceptors (Lipinski definition) is 3. The van der Waals surface area contributed by atoms with Crippen LogP contribution in [0.15, 0.2) is 12.7 Å². The molecule has 1 aliphatic rings. The van der Waals surface area contributed by atoms with Crippen LogP contribution in [0.1, 0.15) is 13.3 Å². The number of aliphatic carboxylic acids is 1. The zero-order valence-electron chi connectivity index (χ0n) is 7.95. The normalized spacial score (nSPS) is 29.1. The molecule has 0 heterocycles. The molecule has 0 aromatic heterocycles. The molecule has 0 aliphatic heterocycles. The third-order valence-corrected chi connectivity index (χ3v) is 2.35. The van der Waals surface area contributed by atoms with Gasteiger partial charge < -0.3 is 15.2 Å². The van der Waals surface area contributed by atoms with E-state index in [1.165, 1.54) is 6.08 Å². The highest BCUT2D eigenvalue weighted by Crippen LogP contribution is 2.43. The van der Waals surface area contributed by atoms with Crippen molar-refractivity contribution in [3.8, 4) is 0 Å². The number of amides is 1. The Kier molecular flexibility index (Phi) is 2.78. The van der Waals surface area contributed by atoms with Gasteiger partial charge in [-0.25, -0.2) is 9.59 Å². The molecular formula is C9H13NO4. The number of nitrogens with one attached hydrogen (secondary N) is 1. The maximum absolute atomic E-state index is 11.1. The van der Waals surface area contributed by atoms with Gasteiger partial charge in [-0.1, -0.05) is 19.6 Å². The fourth-order valence-corrected chi connectivity index (χ4v) is 1.30. The lowest BCUT2D eigenvalue weighted by Crippen LogP contribution is -2.44. The van der Waals surface area contributed by atoms with E-state index in [0.717, 1.165) is 0 Å². The summed E-state index contributed by atoms with van der Waals surface area (Å²) in [6.45, 7) is 5.22. The fraction of sp³-hybridized carbons (Fsp3) is 0.556. The van der Waals surface area contributed by atoms with Crippen molar-refractivity contribution < 1.29 is 19.4 Å². The Balaban J connectivity index is 2.46. The van der Waals surface area contributed by atoms with Gasteiger partial charge in [-0.3, -0.25) is 0 Å². The summed E-state index contributed by atoms with van der Waals surface area (Å²) >= 11 is 0. The van der Waals surface area contributed by atoms with Crippen molar-refractivity contribution in [2.45, 2.75) is 18.9 Å². The number of hydrogen-bond donors (Lipinski definition) is 2. The van der Waals surface area contributed by atoms with Crippen LogP contribution in [0.25, 0.3) is 0 Å². The Hall–Kier alpha value is -1.52. The molecule has 1 fully saturated rings. The van der Waals surface area contributed by atoms with Gasteiger partial charge in [0.25, 0.3) is 0 Å². The predicted molar refractivity (Wildman–Crippen MR) is 48.8 cm³/mol. The molecule has 0 unspecified atom stereocenters. The molecule has 1 rings (SSSR count). The van der Waals surface area contributed by atoms with E-state index in [1.807, 2.05) is 0 Å². The summed E-state index contributed by atoms with van der Waals surface area (Å²) < 4.78 is 4.63. The van der Waals surface area contributed by atoms with Gasteiger partial charge in [-0.15, -0.1) is 0 Å². The minimum absolute atomic E-state index is 0.0451. The van der Waals surface area contributed by atoms with Gasteiger partial charge in [-0.2, -0.15) is 0 Å². The molecule has 0 aromatic carbocycles. The monoisotopic (exact) mass is 199 g/mol. The highest BCUT2D eigenvalue weighted by molar-refractivity contribution is 5.88. The van der Waals surface area contributed by atoms with Crippen LogP contribution in [0.2, 0.25) is 0 Å². The Bertz CT molecular complexity index is 276. The number of carbonyl (C=O) groups is 2. The van der Waals surface area contributed by atoms with Crippen molar-refractivity contribution in [1.82, 2.24) is 5.32 Å². The Morgan fingerprint density at radius 2 is 2.36 bits per heavy atom. The van der Waals surface area contributed by atoms with E-state index < -0.39 is 17.6 Å². The van der Waals surface area contributed by atoms with Gasteiger partial charge in [0.15, 0.2) is 0 Å². The number of ether oxygens (including phenoxy) is 1. The van der Waals surface area contributed by atoms with Crippen LogP contribution in [0.4, 0.5) is 4.79 Å². The Morgan fingerprint density at radius 3 is 2.71 bits per heavy atom. The molecule has 0 aromatic rings. The minimum atomic E-state index is -1.11. The maximum atomic E-state index is 11.1. The van der Waals surface area contributed by atoms with E-state index in [9.17, 15) is 9.59 Å². The lowest BCUT2D eigenvalue weighted by molar-refractivity contribution is -0.141. The SMILES string of the molecule is C=CCOC(=O)N[C@]1(C(=O)O)C[C@H]1C. The molecule has 1 amide bonds. The number of carbonyl (C=O) groups excluding carboxylic acids is 1.